The SMILES string of the molecule is C[C@H](CN1CCN(c2ccc(C(=O)NS(=O)(=O)c3ccc(NCC4CCOCC4)c([N+](=O)[O-])c3)c(Oc3cnc4[nH]ccc4c3)c2)CC1)[C@H]1CC[C@@H](Cc2ccc(Cl)cc2)C1. The molecule has 1 saturated carbocycles. The highest BCUT2D eigenvalue weighted by Gasteiger charge is 2.31. The van der Waals surface area contributed by atoms with Crippen LogP contribution in [0.3, 0.4) is 0 Å². The van der Waals surface area contributed by atoms with Gasteiger partial charge in [-0.2, -0.15) is 0 Å². The number of aromatic amines is 1. The molecule has 5 aromatic rings. The third-order valence-corrected chi connectivity index (χ3v) is 14.1. The van der Waals surface area contributed by atoms with Crippen LogP contribution in [0.4, 0.5) is 17.1 Å². The number of carbonyl (C=O) groups is 1. The first-order chi connectivity index (χ1) is 29.5. The molecule has 0 radical (unpaired) electrons. The van der Waals surface area contributed by atoms with Gasteiger partial charge in [0, 0.05) is 86.9 Å². The monoisotopic (exact) mass is 869 g/mol. The molecule has 0 bridgehead atoms. The van der Waals surface area contributed by atoms with Gasteiger partial charge in [0.2, 0.25) is 0 Å². The molecular formula is C45H52ClN7O7S. The molecular weight excluding hydrogens is 818 g/mol. The first-order valence-corrected chi connectivity index (χ1v) is 23.0. The first kappa shape index (κ1) is 42.5. The largest absolute Gasteiger partial charge is 0.455 e. The van der Waals surface area contributed by atoms with Gasteiger partial charge < -0.3 is 24.7 Å². The number of nitrogens with one attached hydrogen (secondary N) is 3. The number of fused-ring (bicyclic) bond motifs is 1. The number of H-pyrrole nitrogens is 1. The summed E-state index contributed by atoms with van der Waals surface area (Å²) >= 11 is 6.10. The van der Waals surface area contributed by atoms with Crippen LogP contribution in [0, 0.1) is 33.8 Å². The number of ether oxygens (including phenoxy) is 2. The molecule has 0 spiro atoms. The molecule has 3 N–H and O–H groups in total. The second-order valence-electron chi connectivity index (χ2n) is 16.7. The highest BCUT2D eigenvalue weighted by atomic mass is 35.5. The number of benzene rings is 3. The zero-order valence-electron chi connectivity index (χ0n) is 34.2. The van der Waals surface area contributed by atoms with E-state index in [0.29, 0.717) is 48.9 Å². The Morgan fingerprint density at radius 2 is 1.79 bits per heavy atom. The van der Waals surface area contributed by atoms with Crippen molar-refractivity contribution in [2.24, 2.45) is 23.7 Å². The fourth-order valence-corrected chi connectivity index (χ4v) is 10.1. The Morgan fingerprint density at radius 1 is 1.00 bits per heavy atom. The predicted molar refractivity (Wildman–Crippen MR) is 236 cm³/mol. The molecule has 1 amide bonds. The summed E-state index contributed by atoms with van der Waals surface area (Å²) in [5.74, 6) is 1.84. The van der Waals surface area contributed by atoms with Crippen LogP contribution in [0.5, 0.6) is 11.5 Å². The number of nitro benzene ring substituents is 1. The van der Waals surface area contributed by atoms with E-state index >= 15 is 0 Å². The van der Waals surface area contributed by atoms with Crippen molar-refractivity contribution in [2.75, 3.05) is 62.7 Å². The van der Waals surface area contributed by atoms with Crippen LogP contribution < -0.4 is 19.7 Å². The maximum absolute atomic E-state index is 13.9. The van der Waals surface area contributed by atoms with Crippen molar-refractivity contribution in [1.82, 2.24) is 19.6 Å². The van der Waals surface area contributed by atoms with Gasteiger partial charge in [-0.25, -0.2) is 18.1 Å². The van der Waals surface area contributed by atoms with Gasteiger partial charge in [0.25, 0.3) is 21.6 Å². The number of sulfonamides is 1. The van der Waals surface area contributed by atoms with Crippen molar-refractivity contribution in [2.45, 2.75) is 50.3 Å². The van der Waals surface area contributed by atoms with Gasteiger partial charge in [-0.1, -0.05) is 30.7 Å². The highest BCUT2D eigenvalue weighted by Crippen LogP contribution is 2.39. The number of anilines is 2. The van der Waals surface area contributed by atoms with E-state index in [1.54, 1.807) is 30.5 Å². The Balaban J connectivity index is 0.938. The Kier molecular flexibility index (Phi) is 13.1. The van der Waals surface area contributed by atoms with Crippen LogP contribution in [0.25, 0.3) is 11.0 Å². The number of amides is 1. The minimum Gasteiger partial charge on any atom is -0.455 e. The Labute approximate surface area is 361 Å². The van der Waals surface area contributed by atoms with Gasteiger partial charge in [0.1, 0.15) is 22.8 Å². The average molecular weight is 870 g/mol. The number of pyridine rings is 1. The maximum Gasteiger partial charge on any atom is 0.293 e. The molecule has 2 aromatic heterocycles. The number of hydrogen-bond donors (Lipinski definition) is 3. The molecule has 3 atom stereocenters. The van der Waals surface area contributed by atoms with Crippen molar-refractivity contribution in [1.29, 1.82) is 0 Å². The zero-order chi connectivity index (χ0) is 42.5. The standard InChI is InChI=1S/C45H52ClN7O7S/c1-30(34-5-2-33(23-34)22-31-3-6-36(46)7-4-31)29-51-16-18-52(19-17-51)37-8-10-40(43(25-37)60-38-24-35-12-15-47-44(35)49-28-38)45(54)50-61(57,58)39-9-11-41(42(26-39)53(55)56)48-27-32-13-20-59-21-14-32/h3-4,6-12,15,24-26,28,30,32-34,48H,2,5,13-14,16-23,27,29H2,1H3,(H,47,49)(H,50,54)/t30-,33+,34+/m1/s1. The van der Waals surface area contributed by atoms with E-state index in [1.165, 1.54) is 43.2 Å². The lowest BCUT2D eigenvalue weighted by Gasteiger charge is -2.38. The number of piperazine rings is 1. The fourth-order valence-electron chi connectivity index (χ4n) is 9.02. The van der Waals surface area contributed by atoms with Gasteiger partial charge in [-0.05, 0) is 116 Å². The molecule has 3 aliphatic rings. The second-order valence-corrected chi connectivity index (χ2v) is 18.8. The lowest BCUT2D eigenvalue weighted by Crippen LogP contribution is -2.48. The molecule has 16 heteroatoms. The average Bonchev–Trinajstić information content (AvgIpc) is 3.94. The second kappa shape index (κ2) is 18.8. The van der Waals surface area contributed by atoms with Crippen LogP contribution in [-0.2, 0) is 21.2 Å². The first-order valence-electron chi connectivity index (χ1n) is 21.1. The number of halogens is 1. The van der Waals surface area contributed by atoms with Crippen molar-refractivity contribution < 1.29 is 27.6 Å². The van der Waals surface area contributed by atoms with Gasteiger partial charge >= 0.3 is 0 Å². The van der Waals surface area contributed by atoms with Crippen LogP contribution in [0.2, 0.25) is 5.02 Å². The minimum atomic E-state index is -4.54. The van der Waals surface area contributed by atoms with Crippen molar-refractivity contribution in [3.63, 3.8) is 0 Å². The predicted octanol–water partition coefficient (Wildman–Crippen LogP) is 8.29. The van der Waals surface area contributed by atoms with Gasteiger partial charge in [-0.15, -0.1) is 0 Å². The highest BCUT2D eigenvalue weighted by molar-refractivity contribution is 7.90. The number of carbonyl (C=O) groups excluding carboxylic acids is 1. The normalized spacial score (nSPS) is 19.5. The summed E-state index contributed by atoms with van der Waals surface area (Å²) in [5.41, 5.74) is 2.62. The van der Waals surface area contributed by atoms with E-state index in [9.17, 15) is 23.3 Å². The minimum absolute atomic E-state index is 0.0240. The maximum atomic E-state index is 13.9. The topological polar surface area (TPSA) is 172 Å². The molecule has 8 rings (SSSR count). The number of rotatable bonds is 15. The van der Waals surface area contributed by atoms with Crippen LogP contribution in [-0.4, -0.2) is 86.6 Å². The Hall–Kier alpha value is -5.22. The molecule has 3 aromatic carbocycles. The van der Waals surface area contributed by atoms with Gasteiger partial charge in [-0.3, -0.25) is 19.8 Å². The van der Waals surface area contributed by atoms with E-state index in [-0.39, 0.29) is 22.9 Å². The summed E-state index contributed by atoms with van der Waals surface area (Å²) in [6.07, 6.45) is 9.82. The summed E-state index contributed by atoms with van der Waals surface area (Å²) in [7, 11) is -4.54. The van der Waals surface area contributed by atoms with E-state index in [0.717, 1.165) is 74.1 Å². The molecule has 4 heterocycles. The molecule has 61 heavy (non-hydrogen) atoms. The molecule has 322 valence electrons. The van der Waals surface area contributed by atoms with Gasteiger partial charge in [0.15, 0.2) is 0 Å². The molecule has 2 saturated heterocycles. The smallest absolute Gasteiger partial charge is 0.293 e. The molecule has 14 nitrogen and oxygen atoms in total. The van der Waals surface area contributed by atoms with Crippen LogP contribution >= 0.6 is 11.6 Å². The molecule has 0 unspecified atom stereocenters. The van der Waals surface area contributed by atoms with Crippen molar-refractivity contribution in [3.05, 3.63) is 111 Å². The van der Waals surface area contributed by atoms with Crippen molar-refractivity contribution in [3.8, 4) is 11.5 Å². The van der Waals surface area contributed by atoms with Crippen LogP contribution in [0.1, 0.15) is 54.9 Å². The molecule has 3 fully saturated rings. The van der Waals surface area contributed by atoms with E-state index in [1.807, 2.05) is 18.2 Å². The Morgan fingerprint density at radius 3 is 2.56 bits per heavy atom. The lowest BCUT2D eigenvalue weighted by molar-refractivity contribution is -0.384. The lowest BCUT2D eigenvalue weighted by atomic mass is 9.89. The summed E-state index contributed by atoms with van der Waals surface area (Å²) in [5, 5.41) is 16.7. The third-order valence-electron chi connectivity index (χ3n) is 12.5. The van der Waals surface area contributed by atoms with E-state index in [2.05, 4.69) is 48.9 Å². The van der Waals surface area contributed by atoms with Crippen LogP contribution in [0.15, 0.2) is 90.1 Å². The summed E-state index contributed by atoms with van der Waals surface area (Å²) in [4.78, 5) is 37.1. The number of nitro groups is 1. The zero-order valence-corrected chi connectivity index (χ0v) is 35.8. The quantitative estimate of drug-likeness (QED) is 0.0683. The van der Waals surface area contributed by atoms with Crippen molar-refractivity contribution >= 4 is 55.6 Å². The third kappa shape index (κ3) is 10.5. The number of aromatic nitrogens is 2. The van der Waals surface area contributed by atoms with E-state index in [4.69, 9.17) is 21.1 Å². The number of nitrogens with zero attached hydrogens (tertiary/aromatic N) is 4. The molecule has 2 aliphatic heterocycles. The summed E-state index contributed by atoms with van der Waals surface area (Å²) in [6.45, 7) is 8.48. The van der Waals surface area contributed by atoms with Gasteiger partial charge in [0.05, 0.1) is 21.6 Å². The summed E-state index contributed by atoms with van der Waals surface area (Å²) < 4.78 is 41.1. The van der Waals surface area contributed by atoms with E-state index < -0.39 is 31.4 Å². The fraction of sp³-hybridized carbons (Fsp3) is 0.422. The molecule has 1 aliphatic carbocycles. The number of hydrogen-bond acceptors (Lipinski definition) is 11. The Bertz CT molecular complexity index is 2450. The summed E-state index contributed by atoms with van der Waals surface area (Å²) in [6, 6.07) is 20.6.